The summed E-state index contributed by atoms with van der Waals surface area (Å²) >= 11 is 2.04. The summed E-state index contributed by atoms with van der Waals surface area (Å²) in [7, 11) is 0. The van der Waals surface area contributed by atoms with Crippen LogP contribution in [0.4, 0.5) is 5.69 Å². The van der Waals surface area contributed by atoms with Crippen LogP contribution < -0.4 is 10.5 Å². The molecule has 0 spiro atoms. The molecule has 0 amide bonds. The summed E-state index contributed by atoms with van der Waals surface area (Å²) in [5.74, 6) is 1.80. The largest absolute Gasteiger partial charge is 0.489 e. The molecule has 1 heterocycles. The lowest BCUT2D eigenvalue weighted by molar-refractivity contribution is 0.0695. The van der Waals surface area contributed by atoms with E-state index in [1.165, 1.54) is 6.42 Å². The summed E-state index contributed by atoms with van der Waals surface area (Å²) in [6.07, 6.45) is 0.712. The summed E-state index contributed by atoms with van der Waals surface area (Å²) < 4.78 is 5.59. The summed E-state index contributed by atoms with van der Waals surface area (Å²) in [4.78, 5) is 2.33. The Hall–Kier alpha value is -0.910. The van der Waals surface area contributed by atoms with Crippen molar-refractivity contribution in [1.29, 1.82) is 0 Å². The van der Waals surface area contributed by atoms with Crippen molar-refractivity contribution in [2.75, 3.05) is 37.7 Å². The molecule has 1 fully saturated rings. The van der Waals surface area contributed by atoms with Gasteiger partial charge in [0.25, 0.3) is 0 Å². The number of benzene rings is 1. The number of hydrogen-bond donors (Lipinski definition) is 2. The van der Waals surface area contributed by atoms with Crippen LogP contribution in [-0.4, -0.2) is 53.4 Å². The van der Waals surface area contributed by atoms with Gasteiger partial charge in [0.1, 0.15) is 18.5 Å². The SMILES string of the molecule is CCC1CN(CC(O)COc2ccccc2N)CCS1. The molecule has 1 aliphatic heterocycles. The molecular formula is C15H24N2O2S. The maximum atomic E-state index is 10.1. The van der Waals surface area contributed by atoms with Crippen LogP contribution in [-0.2, 0) is 0 Å². The highest BCUT2D eigenvalue weighted by Crippen LogP contribution is 2.22. The van der Waals surface area contributed by atoms with Crippen molar-refractivity contribution in [3.05, 3.63) is 24.3 Å². The van der Waals surface area contributed by atoms with Crippen LogP contribution in [0.3, 0.4) is 0 Å². The highest BCUT2D eigenvalue weighted by molar-refractivity contribution is 8.00. The van der Waals surface area contributed by atoms with Crippen LogP contribution in [0.15, 0.2) is 24.3 Å². The molecule has 20 heavy (non-hydrogen) atoms. The van der Waals surface area contributed by atoms with E-state index < -0.39 is 6.10 Å². The summed E-state index contributed by atoms with van der Waals surface area (Å²) in [5.41, 5.74) is 6.42. The van der Waals surface area contributed by atoms with E-state index in [1.807, 2.05) is 30.0 Å². The van der Waals surface area contributed by atoms with Gasteiger partial charge in [0, 0.05) is 30.6 Å². The van der Waals surface area contributed by atoms with E-state index in [1.54, 1.807) is 6.07 Å². The molecule has 112 valence electrons. The summed E-state index contributed by atoms with van der Waals surface area (Å²) in [6.45, 7) is 5.29. The number of nitrogen functional groups attached to an aromatic ring is 1. The third-order valence-corrected chi connectivity index (χ3v) is 4.87. The second-order valence-electron chi connectivity index (χ2n) is 5.16. The molecule has 0 aromatic heterocycles. The fraction of sp³-hybridized carbons (Fsp3) is 0.600. The molecule has 2 rings (SSSR count). The number of thioether (sulfide) groups is 1. The van der Waals surface area contributed by atoms with Crippen molar-refractivity contribution in [3.8, 4) is 5.75 Å². The minimum absolute atomic E-state index is 0.286. The minimum atomic E-state index is -0.477. The van der Waals surface area contributed by atoms with E-state index in [4.69, 9.17) is 10.5 Å². The summed E-state index contributed by atoms with van der Waals surface area (Å²) in [5, 5.41) is 10.8. The van der Waals surface area contributed by atoms with Crippen molar-refractivity contribution in [2.45, 2.75) is 24.7 Å². The summed E-state index contributed by atoms with van der Waals surface area (Å²) in [6, 6.07) is 7.38. The maximum Gasteiger partial charge on any atom is 0.142 e. The normalized spacial score (nSPS) is 21.6. The number of hydrogen-bond acceptors (Lipinski definition) is 5. The average Bonchev–Trinajstić information content (AvgIpc) is 2.46. The number of anilines is 1. The molecule has 2 unspecified atom stereocenters. The number of β-amino-alcohol motifs (C(OH)–C–C–N with tert-alkyl or cyclic N) is 1. The van der Waals surface area contributed by atoms with Gasteiger partial charge in [-0.1, -0.05) is 19.1 Å². The quantitative estimate of drug-likeness (QED) is 0.784. The van der Waals surface area contributed by atoms with Gasteiger partial charge in [-0.2, -0.15) is 11.8 Å². The topological polar surface area (TPSA) is 58.7 Å². The zero-order valence-electron chi connectivity index (χ0n) is 12.0. The monoisotopic (exact) mass is 296 g/mol. The first-order chi connectivity index (χ1) is 9.69. The Balaban J connectivity index is 1.75. The molecule has 3 N–H and O–H groups in total. The highest BCUT2D eigenvalue weighted by Gasteiger charge is 2.21. The Morgan fingerprint density at radius 2 is 2.30 bits per heavy atom. The van der Waals surface area contributed by atoms with E-state index in [0.717, 1.165) is 18.8 Å². The van der Waals surface area contributed by atoms with Gasteiger partial charge in [0.15, 0.2) is 0 Å². The van der Waals surface area contributed by atoms with Gasteiger partial charge >= 0.3 is 0 Å². The zero-order chi connectivity index (χ0) is 14.4. The Morgan fingerprint density at radius 3 is 3.05 bits per heavy atom. The van der Waals surface area contributed by atoms with Crippen LogP contribution in [0.2, 0.25) is 0 Å². The smallest absolute Gasteiger partial charge is 0.142 e. The van der Waals surface area contributed by atoms with Crippen LogP contribution in [0.5, 0.6) is 5.75 Å². The average molecular weight is 296 g/mol. The lowest BCUT2D eigenvalue weighted by Gasteiger charge is -2.33. The lowest BCUT2D eigenvalue weighted by atomic mass is 10.2. The Morgan fingerprint density at radius 1 is 1.50 bits per heavy atom. The van der Waals surface area contributed by atoms with E-state index in [2.05, 4.69) is 11.8 Å². The van der Waals surface area contributed by atoms with Gasteiger partial charge in [-0.3, -0.25) is 4.90 Å². The lowest BCUT2D eigenvalue weighted by Crippen LogP contribution is -2.43. The van der Waals surface area contributed by atoms with Crippen LogP contribution in [0.25, 0.3) is 0 Å². The molecular weight excluding hydrogens is 272 g/mol. The third kappa shape index (κ3) is 4.58. The second-order valence-corrected chi connectivity index (χ2v) is 6.57. The van der Waals surface area contributed by atoms with Gasteiger partial charge in [-0.25, -0.2) is 0 Å². The number of ether oxygens (including phenoxy) is 1. The number of aliphatic hydroxyl groups is 1. The number of nitrogens with two attached hydrogens (primary N) is 1. The zero-order valence-corrected chi connectivity index (χ0v) is 12.8. The molecule has 1 saturated heterocycles. The molecule has 1 aliphatic rings. The number of para-hydroxylation sites is 2. The van der Waals surface area contributed by atoms with E-state index in [0.29, 0.717) is 23.2 Å². The predicted molar refractivity (Wildman–Crippen MR) is 85.3 cm³/mol. The fourth-order valence-corrected chi connectivity index (χ4v) is 3.59. The highest BCUT2D eigenvalue weighted by atomic mass is 32.2. The van der Waals surface area contributed by atoms with Gasteiger partial charge in [-0.15, -0.1) is 0 Å². The van der Waals surface area contributed by atoms with Gasteiger partial charge in [-0.05, 0) is 18.6 Å². The number of nitrogens with zero attached hydrogens (tertiary/aromatic N) is 1. The van der Waals surface area contributed by atoms with Crippen LogP contribution >= 0.6 is 11.8 Å². The maximum absolute atomic E-state index is 10.1. The first kappa shape index (κ1) is 15.5. The van der Waals surface area contributed by atoms with Crippen molar-refractivity contribution in [2.24, 2.45) is 0 Å². The molecule has 5 heteroatoms. The van der Waals surface area contributed by atoms with Crippen LogP contribution in [0.1, 0.15) is 13.3 Å². The Kier molecular flexibility index (Phi) is 6.01. The molecule has 1 aromatic carbocycles. The second kappa shape index (κ2) is 7.76. The van der Waals surface area contributed by atoms with Crippen molar-refractivity contribution in [1.82, 2.24) is 4.90 Å². The van der Waals surface area contributed by atoms with Crippen molar-refractivity contribution in [3.63, 3.8) is 0 Å². The van der Waals surface area contributed by atoms with E-state index in [9.17, 15) is 5.11 Å². The standard InChI is InChI=1S/C15H24N2O2S/c1-2-13-10-17(7-8-20-13)9-12(18)11-19-15-6-4-3-5-14(15)16/h3-6,12-13,18H,2,7-11,16H2,1H3. The van der Waals surface area contributed by atoms with Gasteiger partial charge in [0.05, 0.1) is 5.69 Å². The van der Waals surface area contributed by atoms with E-state index in [-0.39, 0.29) is 6.61 Å². The third-order valence-electron chi connectivity index (χ3n) is 3.50. The van der Waals surface area contributed by atoms with Crippen molar-refractivity contribution < 1.29 is 9.84 Å². The molecule has 0 bridgehead atoms. The minimum Gasteiger partial charge on any atom is -0.489 e. The Labute approximate surface area is 125 Å². The number of aliphatic hydroxyl groups excluding tert-OH is 1. The molecule has 4 nitrogen and oxygen atoms in total. The predicted octanol–water partition coefficient (Wildman–Crippen LogP) is 1.84. The van der Waals surface area contributed by atoms with Gasteiger partial charge in [0.2, 0.25) is 0 Å². The first-order valence-corrected chi connectivity index (χ1v) is 8.23. The first-order valence-electron chi connectivity index (χ1n) is 7.18. The fourth-order valence-electron chi connectivity index (χ4n) is 2.34. The van der Waals surface area contributed by atoms with E-state index >= 15 is 0 Å². The molecule has 0 radical (unpaired) electrons. The molecule has 0 aliphatic carbocycles. The Bertz CT molecular complexity index is 417. The van der Waals surface area contributed by atoms with Gasteiger partial charge < -0.3 is 15.6 Å². The van der Waals surface area contributed by atoms with Crippen LogP contribution in [0, 0.1) is 0 Å². The molecule has 0 saturated carbocycles. The van der Waals surface area contributed by atoms with Crippen molar-refractivity contribution >= 4 is 17.4 Å². The number of rotatable bonds is 6. The molecule has 1 aromatic rings. The molecule has 2 atom stereocenters.